The number of furan rings is 1. The van der Waals surface area contributed by atoms with Gasteiger partial charge in [0.2, 0.25) is 0 Å². The number of hydrogen-bond acceptors (Lipinski definition) is 5. The molecular formula is C21H13ClN4O3. The minimum absolute atomic E-state index is 0.0897. The first-order valence-electron chi connectivity index (χ1n) is 8.57. The van der Waals surface area contributed by atoms with E-state index in [0.717, 1.165) is 16.6 Å². The van der Waals surface area contributed by atoms with Crippen LogP contribution in [0.2, 0.25) is 5.02 Å². The fourth-order valence-electron chi connectivity index (χ4n) is 2.94. The number of aromatic nitrogens is 2. The first kappa shape index (κ1) is 18.5. The number of nitriles is 1. The van der Waals surface area contributed by atoms with Crippen LogP contribution in [-0.4, -0.2) is 14.9 Å². The SMILES string of the molecule is Cc1ccc2nc(C(C#N)=Cc3ccc(-c4cc([N+](=O)[O-])ccc4Cl)o3)[nH]c2c1. The molecule has 8 heteroatoms. The van der Waals surface area contributed by atoms with Crippen molar-refractivity contribution in [3.8, 4) is 17.4 Å². The first-order chi connectivity index (χ1) is 13.9. The molecule has 0 saturated heterocycles. The zero-order chi connectivity index (χ0) is 20.5. The summed E-state index contributed by atoms with van der Waals surface area (Å²) in [5, 5.41) is 20.9. The largest absolute Gasteiger partial charge is 0.457 e. The quantitative estimate of drug-likeness (QED) is 0.264. The van der Waals surface area contributed by atoms with Crippen molar-refractivity contribution in [2.24, 2.45) is 0 Å². The summed E-state index contributed by atoms with van der Waals surface area (Å²) in [4.78, 5) is 18.1. The lowest BCUT2D eigenvalue weighted by Crippen LogP contribution is -1.88. The Labute approximate surface area is 170 Å². The van der Waals surface area contributed by atoms with E-state index in [2.05, 4.69) is 16.0 Å². The maximum absolute atomic E-state index is 11.0. The topological polar surface area (TPSA) is 109 Å². The number of rotatable bonds is 4. The molecule has 0 unspecified atom stereocenters. The van der Waals surface area contributed by atoms with Gasteiger partial charge in [-0.2, -0.15) is 5.26 Å². The summed E-state index contributed by atoms with van der Waals surface area (Å²) in [6.45, 7) is 1.98. The van der Waals surface area contributed by atoms with Crippen LogP contribution in [0.25, 0.3) is 34.0 Å². The average molecular weight is 405 g/mol. The highest BCUT2D eigenvalue weighted by atomic mass is 35.5. The Morgan fingerprint density at radius 2 is 2.10 bits per heavy atom. The van der Waals surface area contributed by atoms with E-state index < -0.39 is 4.92 Å². The second-order valence-electron chi connectivity index (χ2n) is 6.40. The molecule has 2 aromatic heterocycles. The minimum atomic E-state index is -0.499. The van der Waals surface area contributed by atoms with Crippen molar-refractivity contribution in [1.82, 2.24) is 9.97 Å². The number of aromatic amines is 1. The maximum atomic E-state index is 11.0. The molecule has 1 N–H and O–H groups in total. The predicted octanol–water partition coefficient (Wildman–Crippen LogP) is 5.76. The molecule has 142 valence electrons. The average Bonchev–Trinajstić information content (AvgIpc) is 3.32. The highest BCUT2D eigenvalue weighted by Crippen LogP contribution is 2.33. The number of H-pyrrole nitrogens is 1. The Balaban J connectivity index is 1.71. The lowest BCUT2D eigenvalue weighted by Gasteiger charge is -2.00. The molecule has 0 amide bonds. The highest BCUT2D eigenvalue weighted by molar-refractivity contribution is 6.33. The Morgan fingerprint density at radius 1 is 1.28 bits per heavy atom. The fraction of sp³-hybridized carbons (Fsp3) is 0.0476. The molecule has 4 aromatic rings. The maximum Gasteiger partial charge on any atom is 0.270 e. The zero-order valence-electron chi connectivity index (χ0n) is 15.1. The van der Waals surface area contributed by atoms with Crippen LogP contribution in [0.1, 0.15) is 17.1 Å². The van der Waals surface area contributed by atoms with E-state index >= 15 is 0 Å². The molecule has 0 radical (unpaired) electrons. The molecule has 2 aromatic carbocycles. The second-order valence-corrected chi connectivity index (χ2v) is 6.81. The van der Waals surface area contributed by atoms with Gasteiger partial charge in [-0.3, -0.25) is 10.1 Å². The number of non-ortho nitro benzene ring substituents is 1. The summed E-state index contributed by atoms with van der Waals surface area (Å²) in [5.74, 6) is 1.19. The summed E-state index contributed by atoms with van der Waals surface area (Å²) in [5.41, 5.74) is 3.29. The fourth-order valence-corrected chi connectivity index (χ4v) is 3.15. The number of nitro groups is 1. The minimum Gasteiger partial charge on any atom is -0.457 e. The number of benzene rings is 2. The lowest BCUT2D eigenvalue weighted by atomic mass is 10.1. The van der Waals surface area contributed by atoms with E-state index in [1.165, 1.54) is 18.2 Å². The van der Waals surface area contributed by atoms with E-state index in [9.17, 15) is 15.4 Å². The number of fused-ring (bicyclic) bond motifs is 1. The van der Waals surface area contributed by atoms with Gasteiger partial charge in [0.15, 0.2) is 0 Å². The Bertz CT molecular complexity index is 1330. The van der Waals surface area contributed by atoms with Gasteiger partial charge in [0.05, 0.1) is 26.6 Å². The summed E-state index contributed by atoms with van der Waals surface area (Å²) in [6, 6.07) is 15.3. The van der Waals surface area contributed by atoms with Crippen molar-refractivity contribution < 1.29 is 9.34 Å². The number of halogens is 1. The number of nitrogens with zero attached hydrogens (tertiary/aromatic N) is 3. The molecule has 7 nitrogen and oxygen atoms in total. The lowest BCUT2D eigenvalue weighted by molar-refractivity contribution is -0.384. The van der Waals surface area contributed by atoms with Crippen LogP contribution in [-0.2, 0) is 0 Å². The van der Waals surface area contributed by atoms with E-state index in [4.69, 9.17) is 16.0 Å². The third-order valence-electron chi connectivity index (χ3n) is 4.35. The normalized spacial score (nSPS) is 11.6. The molecule has 0 bridgehead atoms. The Hall–Kier alpha value is -3.89. The van der Waals surface area contributed by atoms with Crippen molar-refractivity contribution in [2.75, 3.05) is 0 Å². The highest BCUT2D eigenvalue weighted by Gasteiger charge is 2.15. The molecule has 0 aliphatic heterocycles. The summed E-state index contributed by atoms with van der Waals surface area (Å²) >= 11 is 6.17. The van der Waals surface area contributed by atoms with E-state index in [-0.39, 0.29) is 5.69 Å². The predicted molar refractivity (Wildman–Crippen MR) is 110 cm³/mol. The molecule has 0 aliphatic carbocycles. The van der Waals surface area contributed by atoms with Gasteiger partial charge in [-0.15, -0.1) is 0 Å². The van der Waals surface area contributed by atoms with Gasteiger partial charge in [0.25, 0.3) is 5.69 Å². The zero-order valence-corrected chi connectivity index (χ0v) is 15.9. The summed E-state index contributed by atoms with van der Waals surface area (Å²) < 4.78 is 5.76. The van der Waals surface area contributed by atoms with Gasteiger partial charge >= 0.3 is 0 Å². The number of imidazole rings is 1. The monoisotopic (exact) mass is 404 g/mol. The van der Waals surface area contributed by atoms with Crippen LogP contribution >= 0.6 is 11.6 Å². The number of aryl methyl sites for hydroxylation is 1. The smallest absolute Gasteiger partial charge is 0.270 e. The summed E-state index contributed by atoms with van der Waals surface area (Å²) in [7, 11) is 0. The van der Waals surface area contributed by atoms with E-state index in [1.807, 2.05) is 25.1 Å². The standard InChI is InChI=1S/C21H13ClN4O3/c1-12-2-6-18-19(8-12)25-21(24-18)13(11-23)9-15-4-7-20(29-15)16-10-14(26(27)28)3-5-17(16)22/h2-10H,1H3,(H,24,25). The molecular weight excluding hydrogens is 392 g/mol. The van der Waals surface area contributed by atoms with Crippen molar-refractivity contribution in [1.29, 1.82) is 5.26 Å². The third-order valence-corrected chi connectivity index (χ3v) is 4.68. The molecule has 29 heavy (non-hydrogen) atoms. The van der Waals surface area contributed by atoms with Crippen LogP contribution in [0.3, 0.4) is 0 Å². The molecule has 0 aliphatic rings. The van der Waals surface area contributed by atoms with E-state index in [1.54, 1.807) is 18.2 Å². The van der Waals surface area contributed by atoms with Crippen LogP contribution in [0.5, 0.6) is 0 Å². The van der Waals surface area contributed by atoms with Gasteiger partial charge in [-0.1, -0.05) is 17.7 Å². The number of hydrogen-bond donors (Lipinski definition) is 1. The van der Waals surface area contributed by atoms with Gasteiger partial charge < -0.3 is 9.40 Å². The molecule has 0 saturated carbocycles. The molecule has 0 spiro atoms. The first-order valence-corrected chi connectivity index (χ1v) is 8.95. The Morgan fingerprint density at radius 3 is 2.86 bits per heavy atom. The van der Waals surface area contributed by atoms with Crippen LogP contribution in [0.15, 0.2) is 52.9 Å². The van der Waals surface area contributed by atoms with Crippen LogP contribution < -0.4 is 0 Å². The third kappa shape index (κ3) is 3.61. The van der Waals surface area contributed by atoms with Crippen molar-refractivity contribution in [3.05, 3.63) is 80.8 Å². The number of nitro benzene ring substituents is 1. The Kier molecular flexibility index (Phi) is 4.63. The van der Waals surface area contributed by atoms with Crippen molar-refractivity contribution in [3.63, 3.8) is 0 Å². The molecule has 0 fully saturated rings. The number of allylic oxidation sites excluding steroid dienone is 1. The van der Waals surface area contributed by atoms with Gasteiger partial charge in [0, 0.05) is 23.8 Å². The van der Waals surface area contributed by atoms with Gasteiger partial charge in [-0.25, -0.2) is 4.98 Å². The van der Waals surface area contributed by atoms with Crippen molar-refractivity contribution >= 4 is 40.0 Å². The molecule has 0 atom stereocenters. The molecule has 2 heterocycles. The van der Waals surface area contributed by atoms with Crippen LogP contribution in [0.4, 0.5) is 5.69 Å². The second kappa shape index (κ2) is 7.26. The summed E-state index contributed by atoms with van der Waals surface area (Å²) in [6.07, 6.45) is 1.55. The van der Waals surface area contributed by atoms with Gasteiger partial charge in [-0.05, 0) is 42.8 Å². The number of nitrogens with one attached hydrogen (secondary N) is 1. The molecule has 4 rings (SSSR count). The van der Waals surface area contributed by atoms with Crippen LogP contribution in [0, 0.1) is 28.4 Å². The van der Waals surface area contributed by atoms with E-state index in [0.29, 0.717) is 33.5 Å². The van der Waals surface area contributed by atoms with Crippen molar-refractivity contribution in [2.45, 2.75) is 6.92 Å². The van der Waals surface area contributed by atoms with Gasteiger partial charge in [0.1, 0.15) is 23.4 Å².